The molecule has 1 saturated carbocycles. The quantitative estimate of drug-likeness (QED) is 0.681. The largest absolute Gasteiger partial charge is 0.461 e. The van der Waals surface area contributed by atoms with Crippen LogP contribution in [0.1, 0.15) is 26.7 Å². The van der Waals surface area contributed by atoms with Gasteiger partial charge in [0, 0.05) is 5.92 Å². The van der Waals surface area contributed by atoms with E-state index >= 15 is 0 Å². The number of rotatable bonds is 1. The van der Waals surface area contributed by atoms with E-state index in [0.29, 0.717) is 12.8 Å². The van der Waals surface area contributed by atoms with Gasteiger partial charge in [-0.2, -0.15) is 0 Å². The van der Waals surface area contributed by atoms with E-state index in [1.807, 2.05) is 6.92 Å². The zero-order valence-electron chi connectivity index (χ0n) is 11.7. The Labute approximate surface area is 117 Å². The number of aliphatic hydroxyl groups excluding tert-OH is 1. The highest BCUT2D eigenvalue weighted by atomic mass is 16.6. The molecule has 5 heteroatoms. The summed E-state index contributed by atoms with van der Waals surface area (Å²) in [5, 5.41) is 20.4. The number of hydrogen-bond acceptors (Lipinski definition) is 5. The topological polar surface area (TPSA) is 83.8 Å². The fraction of sp³-hybridized carbons (Fsp3) is 0.733. The number of ketones is 1. The Morgan fingerprint density at radius 2 is 2.10 bits per heavy atom. The van der Waals surface area contributed by atoms with E-state index in [0.717, 1.165) is 0 Å². The van der Waals surface area contributed by atoms with Gasteiger partial charge in [0.1, 0.15) is 11.7 Å². The van der Waals surface area contributed by atoms with Gasteiger partial charge in [-0.1, -0.05) is 6.92 Å². The van der Waals surface area contributed by atoms with Gasteiger partial charge < -0.3 is 14.9 Å². The highest BCUT2D eigenvalue weighted by molar-refractivity contribution is 6.00. The zero-order chi connectivity index (χ0) is 14.7. The van der Waals surface area contributed by atoms with Crippen LogP contribution in [0.25, 0.3) is 0 Å². The zero-order valence-corrected chi connectivity index (χ0v) is 11.7. The average Bonchev–Trinajstić information content (AvgIpc) is 2.84. The van der Waals surface area contributed by atoms with Crippen LogP contribution in [0, 0.1) is 23.2 Å². The molecule has 2 aliphatic carbocycles. The molecule has 1 heterocycles. The van der Waals surface area contributed by atoms with Gasteiger partial charge in [0.15, 0.2) is 5.78 Å². The summed E-state index contributed by atoms with van der Waals surface area (Å²) < 4.78 is 5.43. The van der Waals surface area contributed by atoms with Crippen LogP contribution in [0.3, 0.4) is 0 Å². The molecule has 110 valence electrons. The Morgan fingerprint density at radius 1 is 1.40 bits per heavy atom. The molecule has 0 aromatic heterocycles. The monoisotopic (exact) mass is 280 g/mol. The number of esters is 1. The van der Waals surface area contributed by atoms with Crippen molar-refractivity contribution in [2.75, 3.05) is 6.61 Å². The predicted octanol–water partition coefficient (Wildman–Crippen LogP) is 0.443. The van der Waals surface area contributed by atoms with Crippen LogP contribution in [0.4, 0.5) is 0 Å². The van der Waals surface area contributed by atoms with Crippen molar-refractivity contribution in [2.24, 2.45) is 23.2 Å². The minimum Gasteiger partial charge on any atom is -0.461 e. The standard InChI is InChI=1S/C15H20O5/c1-8-3-4-9-10(7-16)13(18)20-12(9)14(2)11(17)5-6-15(8,14)19/h5-6,8-10,12,16,19H,3-4,7H2,1-2H3/t8-,9-,10+,12+,14-,15+/m0/s1. The highest BCUT2D eigenvalue weighted by Crippen LogP contribution is 2.56. The van der Waals surface area contributed by atoms with E-state index in [4.69, 9.17) is 4.74 Å². The van der Waals surface area contributed by atoms with Gasteiger partial charge in [0.2, 0.25) is 0 Å². The van der Waals surface area contributed by atoms with Crippen molar-refractivity contribution >= 4 is 11.8 Å². The molecule has 2 fully saturated rings. The number of aliphatic hydroxyl groups is 2. The Hall–Kier alpha value is -1.20. The molecular formula is C15H20O5. The van der Waals surface area contributed by atoms with Gasteiger partial charge in [0.25, 0.3) is 0 Å². The maximum Gasteiger partial charge on any atom is 0.312 e. The second kappa shape index (κ2) is 4.15. The van der Waals surface area contributed by atoms with Gasteiger partial charge in [-0.05, 0) is 37.8 Å². The van der Waals surface area contributed by atoms with Crippen LogP contribution < -0.4 is 0 Å². The normalized spacial score (nSPS) is 50.6. The maximum absolute atomic E-state index is 12.4. The molecule has 0 bridgehead atoms. The lowest BCUT2D eigenvalue weighted by molar-refractivity contribution is -0.166. The molecule has 3 rings (SSSR count). The summed E-state index contributed by atoms with van der Waals surface area (Å²) in [5.41, 5.74) is -2.43. The molecular weight excluding hydrogens is 260 g/mol. The number of allylic oxidation sites excluding steroid dienone is 1. The van der Waals surface area contributed by atoms with Crippen molar-refractivity contribution in [3.63, 3.8) is 0 Å². The molecule has 5 nitrogen and oxygen atoms in total. The maximum atomic E-state index is 12.4. The lowest BCUT2D eigenvalue weighted by atomic mass is 9.64. The molecule has 2 N–H and O–H groups in total. The second-order valence-corrected chi connectivity index (χ2v) is 6.51. The summed E-state index contributed by atoms with van der Waals surface area (Å²) in [7, 11) is 0. The van der Waals surface area contributed by atoms with Crippen LogP contribution in [0.2, 0.25) is 0 Å². The Balaban J connectivity index is 2.11. The summed E-state index contributed by atoms with van der Waals surface area (Å²) in [6.45, 7) is 3.32. The van der Waals surface area contributed by atoms with Crippen molar-refractivity contribution < 1.29 is 24.5 Å². The van der Waals surface area contributed by atoms with Crippen molar-refractivity contribution in [1.82, 2.24) is 0 Å². The Morgan fingerprint density at radius 3 is 2.75 bits per heavy atom. The third-order valence-electron chi connectivity index (χ3n) is 5.73. The molecule has 6 atom stereocenters. The number of ether oxygens (including phenoxy) is 1. The van der Waals surface area contributed by atoms with Crippen LogP contribution in [-0.2, 0) is 14.3 Å². The molecule has 3 aliphatic rings. The summed E-state index contributed by atoms with van der Waals surface area (Å²) in [6, 6.07) is 0. The Bertz CT molecular complexity index is 498. The Kier molecular flexibility index (Phi) is 2.86. The number of carbonyl (C=O) groups is 2. The molecule has 1 saturated heterocycles. The number of hydrogen-bond donors (Lipinski definition) is 2. The molecule has 0 spiro atoms. The lowest BCUT2D eigenvalue weighted by Gasteiger charge is -2.43. The SMILES string of the molecule is C[C@H]1CC[C@@H]2[C@@H](OC(=O)[C@@H]2CO)[C@]2(C)C(=O)C=C[C@@]12O. The summed E-state index contributed by atoms with van der Waals surface area (Å²) in [4.78, 5) is 24.3. The second-order valence-electron chi connectivity index (χ2n) is 6.51. The van der Waals surface area contributed by atoms with Gasteiger partial charge in [-0.3, -0.25) is 9.59 Å². The first-order chi connectivity index (χ1) is 9.36. The molecule has 0 unspecified atom stereocenters. The van der Waals surface area contributed by atoms with E-state index in [1.165, 1.54) is 6.08 Å². The minimum absolute atomic E-state index is 0.0983. The average molecular weight is 280 g/mol. The third-order valence-corrected chi connectivity index (χ3v) is 5.73. The number of fused-ring (bicyclic) bond motifs is 3. The summed E-state index contributed by atoms with van der Waals surface area (Å²) in [6.07, 6.45) is 3.66. The van der Waals surface area contributed by atoms with Crippen molar-refractivity contribution in [3.8, 4) is 0 Å². The minimum atomic E-state index is -1.28. The molecule has 0 aromatic carbocycles. The highest BCUT2D eigenvalue weighted by Gasteiger charge is 2.67. The van der Waals surface area contributed by atoms with E-state index in [2.05, 4.69) is 0 Å². The third kappa shape index (κ3) is 1.40. The van der Waals surface area contributed by atoms with Gasteiger partial charge in [-0.25, -0.2) is 0 Å². The summed E-state index contributed by atoms with van der Waals surface area (Å²) >= 11 is 0. The molecule has 1 aliphatic heterocycles. The van der Waals surface area contributed by atoms with E-state index in [-0.39, 0.29) is 24.2 Å². The first-order valence-corrected chi connectivity index (χ1v) is 7.13. The van der Waals surface area contributed by atoms with Crippen LogP contribution in [0.15, 0.2) is 12.2 Å². The predicted molar refractivity (Wildman–Crippen MR) is 69.5 cm³/mol. The molecule has 20 heavy (non-hydrogen) atoms. The lowest BCUT2D eigenvalue weighted by Crippen LogP contribution is -2.56. The van der Waals surface area contributed by atoms with E-state index in [1.54, 1.807) is 13.0 Å². The van der Waals surface area contributed by atoms with Crippen molar-refractivity contribution in [1.29, 1.82) is 0 Å². The number of carbonyl (C=O) groups excluding carboxylic acids is 2. The van der Waals surface area contributed by atoms with Gasteiger partial charge in [0.05, 0.1) is 17.9 Å². The molecule has 0 aromatic rings. The van der Waals surface area contributed by atoms with Crippen LogP contribution in [0.5, 0.6) is 0 Å². The van der Waals surface area contributed by atoms with E-state index in [9.17, 15) is 19.8 Å². The molecule has 0 amide bonds. The fourth-order valence-corrected chi connectivity index (χ4v) is 4.25. The first-order valence-electron chi connectivity index (χ1n) is 7.13. The van der Waals surface area contributed by atoms with E-state index < -0.39 is 29.0 Å². The van der Waals surface area contributed by atoms with Crippen LogP contribution >= 0.6 is 0 Å². The molecule has 0 radical (unpaired) electrons. The first kappa shape index (κ1) is 13.8. The summed E-state index contributed by atoms with van der Waals surface area (Å²) in [5.74, 6) is -1.55. The van der Waals surface area contributed by atoms with Gasteiger partial charge in [-0.15, -0.1) is 0 Å². The van der Waals surface area contributed by atoms with Gasteiger partial charge >= 0.3 is 5.97 Å². The smallest absolute Gasteiger partial charge is 0.312 e. The fourth-order valence-electron chi connectivity index (χ4n) is 4.25. The van der Waals surface area contributed by atoms with Crippen molar-refractivity contribution in [3.05, 3.63) is 12.2 Å². The van der Waals surface area contributed by atoms with Crippen LogP contribution in [-0.4, -0.2) is 40.3 Å². The van der Waals surface area contributed by atoms with Crippen molar-refractivity contribution in [2.45, 2.75) is 38.4 Å².